The van der Waals surface area contributed by atoms with Gasteiger partial charge in [-0.3, -0.25) is 0 Å². The van der Waals surface area contributed by atoms with Gasteiger partial charge in [-0.05, 0) is 35.5 Å². The molecule has 0 spiro atoms. The average Bonchev–Trinajstić information content (AvgIpc) is 2.46. The van der Waals surface area contributed by atoms with Crippen LogP contribution in [-0.4, -0.2) is 9.04 Å². The molecule has 0 aliphatic heterocycles. The highest BCUT2D eigenvalue weighted by Crippen LogP contribution is 2.31. The Hall–Kier alpha value is -0.123. The number of rotatable bonds is 3. The van der Waals surface area contributed by atoms with Gasteiger partial charge in [0.1, 0.15) is 0 Å². The van der Waals surface area contributed by atoms with Gasteiger partial charge in [-0.2, -0.15) is 0 Å². The molecule has 0 aliphatic rings. The second kappa shape index (κ2) is 4.60. The molecule has 0 atom stereocenters. The van der Waals surface area contributed by atoms with Crippen LogP contribution in [0.15, 0.2) is 11.4 Å². The molecule has 1 aromatic heterocycles. The van der Waals surface area contributed by atoms with E-state index in [1.807, 2.05) is 11.3 Å². The molecular formula is C11H20OSSi. The van der Waals surface area contributed by atoms with E-state index in [1.165, 1.54) is 10.4 Å². The van der Waals surface area contributed by atoms with Crippen molar-refractivity contribution in [3.63, 3.8) is 0 Å². The minimum atomic E-state index is -0.885. The molecule has 1 rings (SSSR count). The highest BCUT2D eigenvalue weighted by Gasteiger charge is 2.19. The smallest absolute Gasteiger partial charge is 0.171 e. The SMILES string of the molecule is C[SiH](C)OCc1ccsc1C(C)(C)C. The topological polar surface area (TPSA) is 9.23 Å². The van der Waals surface area contributed by atoms with Crippen LogP contribution < -0.4 is 0 Å². The van der Waals surface area contributed by atoms with Crippen LogP contribution in [0.5, 0.6) is 0 Å². The van der Waals surface area contributed by atoms with Crippen molar-refractivity contribution >= 4 is 20.4 Å². The molecule has 0 N–H and O–H groups in total. The maximum absolute atomic E-state index is 5.77. The van der Waals surface area contributed by atoms with Crippen molar-refractivity contribution in [1.82, 2.24) is 0 Å². The van der Waals surface area contributed by atoms with Crippen LogP contribution in [0, 0.1) is 0 Å². The predicted molar refractivity (Wildman–Crippen MR) is 66.7 cm³/mol. The van der Waals surface area contributed by atoms with Gasteiger partial charge in [-0.15, -0.1) is 11.3 Å². The van der Waals surface area contributed by atoms with E-state index in [-0.39, 0.29) is 5.41 Å². The average molecular weight is 228 g/mol. The van der Waals surface area contributed by atoms with Crippen molar-refractivity contribution in [3.8, 4) is 0 Å². The first-order valence-corrected chi connectivity index (χ1v) is 8.75. The summed E-state index contributed by atoms with van der Waals surface area (Å²) in [6.45, 7) is 12.0. The van der Waals surface area contributed by atoms with Gasteiger partial charge >= 0.3 is 0 Å². The second-order valence-electron chi connectivity index (χ2n) is 4.88. The fraction of sp³-hybridized carbons (Fsp3) is 0.636. The maximum Gasteiger partial charge on any atom is 0.171 e. The summed E-state index contributed by atoms with van der Waals surface area (Å²) < 4.78 is 5.77. The Morgan fingerprint density at radius 2 is 2.00 bits per heavy atom. The van der Waals surface area contributed by atoms with Gasteiger partial charge in [0.15, 0.2) is 9.04 Å². The first-order chi connectivity index (χ1) is 6.41. The molecule has 0 bridgehead atoms. The van der Waals surface area contributed by atoms with Crippen LogP contribution in [0.2, 0.25) is 13.1 Å². The van der Waals surface area contributed by atoms with Crippen molar-refractivity contribution in [2.75, 3.05) is 0 Å². The van der Waals surface area contributed by atoms with Crippen LogP contribution in [0.3, 0.4) is 0 Å². The van der Waals surface area contributed by atoms with E-state index < -0.39 is 9.04 Å². The van der Waals surface area contributed by atoms with E-state index in [9.17, 15) is 0 Å². The Morgan fingerprint density at radius 3 is 2.50 bits per heavy atom. The molecule has 80 valence electrons. The summed E-state index contributed by atoms with van der Waals surface area (Å²) >= 11 is 1.84. The van der Waals surface area contributed by atoms with E-state index in [2.05, 4.69) is 45.3 Å². The van der Waals surface area contributed by atoms with Gasteiger partial charge in [0.05, 0.1) is 6.61 Å². The highest BCUT2D eigenvalue weighted by molar-refractivity contribution is 7.10. The first-order valence-electron chi connectivity index (χ1n) is 5.09. The van der Waals surface area contributed by atoms with E-state index in [1.54, 1.807) is 0 Å². The lowest BCUT2D eigenvalue weighted by molar-refractivity contribution is 0.312. The molecule has 1 nitrogen and oxygen atoms in total. The monoisotopic (exact) mass is 228 g/mol. The lowest BCUT2D eigenvalue weighted by Gasteiger charge is -2.19. The highest BCUT2D eigenvalue weighted by atomic mass is 32.1. The predicted octanol–water partition coefficient (Wildman–Crippen LogP) is 3.55. The fourth-order valence-electron chi connectivity index (χ4n) is 1.36. The van der Waals surface area contributed by atoms with Gasteiger partial charge in [-0.1, -0.05) is 20.8 Å². The van der Waals surface area contributed by atoms with Crippen LogP contribution in [0.1, 0.15) is 31.2 Å². The minimum Gasteiger partial charge on any atom is -0.416 e. The molecule has 0 aromatic carbocycles. The number of hydrogen-bond donors (Lipinski definition) is 0. The van der Waals surface area contributed by atoms with Crippen molar-refractivity contribution in [2.24, 2.45) is 0 Å². The van der Waals surface area contributed by atoms with Gasteiger partial charge in [0, 0.05) is 4.88 Å². The molecule has 0 radical (unpaired) electrons. The van der Waals surface area contributed by atoms with E-state index in [0.29, 0.717) is 0 Å². The molecular weight excluding hydrogens is 208 g/mol. The third-order valence-corrected chi connectivity index (χ3v) is 4.22. The molecule has 0 saturated carbocycles. The first kappa shape index (κ1) is 11.9. The Morgan fingerprint density at radius 1 is 1.36 bits per heavy atom. The van der Waals surface area contributed by atoms with Crippen LogP contribution >= 0.6 is 11.3 Å². The summed E-state index contributed by atoms with van der Waals surface area (Å²) in [5, 5.41) is 2.17. The zero-order valence-electron chi connectivity index (χ0n) is 9.76. The minimum absolute atomic E-state index is 0.255. The largest absolute Gasteiger partial charge is 0.416 e. The Labute approximate surface area is 92.8 Å². The summed E-state index contributed by atoms with van der Waals surface area (Å²) in [7, 11) is -0.885. The second-order valence-corrected chi connectivity index (χ2v) is 8.23. The summed E-state index contributed by atoms with van der Waals surface area (Å²) in [5.74, 6) is 0. The third kappa shape index (κ3) is 3.22. The Balaban J connectivity index is 2.73. The lowest BCUT2D eigenvalue weighted by atomic mass is 9.92. The van der Waals surface area contributed by atoms with Crippen molar-refractivity contribution < 1.29 is 4.43 Å². The van der Waals surface area contributed by atoms with Crippen molar-refractivity contribution in [1.29, 1.82) is 0 Å². The molecule has 1 aromatic rings. The van der Waals surface area contributed by atoms with Gasteiger partial charge < -0.3 is 4.43 Å². The molecule has 0 unspecified atom stereocenters. The Kier molecular flexibility index (Phi) is 3.92. The molecule has 0 saturated heterocycles. The van der Waals surface area contributed by atoms with Crippen molar-refractivity contribution in [2.45, 2.75) is 45.9 Å². The summed E-state index contributed by atoms with van der Waals surface area (Å²) in [6, 6.07) is 2.20. The summed E-state index contributed by atoms with van der Waals surface area (Å²) in [6.07, 6.45) is 0. The van der Waals surface area contributed by atoms with E-state index in [0.717, 1.165) is 6.61 Å². The zero-order valence-corrected chi connectivity index (χ0v) is 11.7. The number of hydrogen-bond acceptors (Lipinski definition) is 2. The van der Waals surface area contributed by atoms with E-state index in [4.69, 9.17) is 4.43 Å². The number of thiophene rings is 1. The molecule has 0 amide bonds. The summed E-state index contributed by atoms with van der Waals surface area (Å²) in [4.78, 5) is 1.46. The van der Waals surface area contributed by atoms with Gasteiger partial charge in [-0.25, -0.2) is 0 Å². The maximum atomic E-state index is 5.77. The Bertz CT molecular complexity index is 286. The normalized spacial score (nSPS) is 12.4. The third-order valence-electron chi connectivity index (χ3n) is 2.00. The molecule has 14 heavy (non-hydrogen) atoms. The van der Waals surface area contributed by atoms with Gasteiger partial charge in [0.25, 0.3) is 0 Å². The van der Waals surface area contributed by atoms with Crippen LogP contribution in [0.25, 0.3) is 0 Å². The molecule has 3 heteroatoms. The van der Waals surface area contributed by atoms with Crippen LogP contribution in [-0.2, 0) is 16.4 Å². The van der Waals surface area contributed by atoms with E-state index >= 15 is 0 Å². The fourth-order valence-corrected chi connectivity index (χ4v) is 2.88. The van der Waals surface area contributed by atoms with Crippen molar-refractivity contribution in [3.05, 3.63) is 21.9 Å². The molecule has 0 aliphatic carbocycles. The quantitative estimate of drug-likeness (QED) is 0.719. The zero-order chi connectivity index (χ0) is 10.8. The molecule has 1 heterocycles. The summed E-state index contributed by atoms with van der Waals surface area (Å²) in [5.41, 5.74) is 1.63. The lowest BCUT2D eigenvalue weighted by Crippen LogP contribution is -2.14. The van der Waals surface area contributed by atoms with Crippen LogP contribution in [0.4, 0.5) is 0 Å². The standard InChI is InChI=1S/C11H20OSSi/c1-11(2,3)10-9(6-7-13-10)8-12-14(4)5/h6-7,14H,8H2,1-5H3. The molecule has 0 fully saturated rings. The van der Waals surface area contributed by atoms with Gasteiger partial charge in [0.2, 0.25) is 0 Å².